The fraction of sp³-hybridized carbons (Fsp3) is 0.242. The molecule has 5 rings (SSSR count). The summed E-state index contributed by atoms with van der Waals surface area (Å²) in [6.45, 7) is 4.22. The number of nitrogens with one attached hydrogen (secondary N) is 1. The predicted molar refractivity (Wildman–Crippen MR) is 165 cm³/mol. The summed E-state index contributed by atoms with van der Waals surface area (Å²) in [5.41, 5.74) is 4.35. The summed E-state index contributed by atoms with van der Waals surface area (Å²) in [5.74, 6) is -0.178. The van der Waals surface area contributed by atoms with Crippen molar-refractivity contribution in [1.29, 1.82) is 0 Å². The Balaban J connectivity index is 0.000000328. The summed E-state index contributed by atoms with van der Waals surface area (Å²) in [6.07, 6.45) is -0.489. The summed E-state index contributed by atoms with van der Waals surface area (Å²) < 4.78 is 11.3. The van der Waals surface area contributed by atoms with Crippen molar-refractivity contribution in [2.24, 2.45) is 0 Å². The first-order valence-electron chi connectivity index (χ1n) is 13.7. The van der Waals surface area contributed by atoms with Crippen molar-refractivity contribution in [2.45, 2.75) is 29.2 Å². The second-order valence-electron chi connectivity index (χ2n) is 9.18. The molecule has 1 aliphatic heterocycles. The molecule has 0 saturated heterocycles. The zero-order chi connectivity index (χ0) is 28.9. The highest BCUT2D eigenvalue weighted by atomic mass is 32.2. The molecule has 0 fully saturated rings. The van der Waals surface area contributed by atoms with Crippen LogP contribution in [-0.2, 0) is 16.0 Å². The maximum Gasteiger partial charge on any atom is 0.333 e. The highest BCUT2D eigenvalue weighted by Gasteiger charge is 2.22. The van der Waals surface area contributed by atoms with E-state index < -0.39 is 12.1 Å². The van der Waals surface area contributed by atoms with Crippen molar-refractivity contribution in [2.75, 3.05) is 43.1 Å². The van der Waals surface area contributed by atoms with Crippen molar-refractivity contribution in [3.63, 3.8) is 0 Å². The van der Waals surface area contributed by atoms with Gasteiger partial charge in [-0.2, -0.15) is 0 Å². The van der Waals surface area contributed by atoms with Gasteiger partial charge in [0.15, 0.2) is 6.10 Å². The molecule has 0 aromatic heterocycles. The standard InChI is InChI=1S/C25H25NO4S.C8H11NO/c1-2-29-22(25(27)28)17-18-11-13-19(14-12-18)30-16-15-26-20-7-3-5-9-23(20)31-24-10-6-4-8-21(24)26;10-7-6-9-8-4-2-1-3-5-8/h3-14,22H,2,15-17H2,1H3,(H,27,28);1-5,9-10H,6-7H2. The molecule has 0 spiro atoms. The van der Waals surface area contributed by atoms with E-state index in [1.165, 1.54) is 21.2 Å². The van der Waals surface area contributed by atoms with Gasteiger partial charge in [0.2, 0.25) is 0 Å². The number of rotatable bonds is 12. The molecule has 1 heterocycles. The van der Waals surface area contributed by atoms with Crippen molar-refractivity contribution in [3.8, 4) is 5.75 Å². The van der Waals surface area contributed by atoms with Gasteiger partial charge in [0.1, 0.15) is 12.4 Å². The Labute approximate surface area is 245 Å². The number of carbonyl (C=O) groups is 1. The second-order valence-corrected chi connectivity index (χ2v) is 10.3. The van der Waals surface area contributed by atoms with Gasteiger partial charge in [-0.1, -0.05) is 66.4 Å². The Bertz CT molecular complexity index is 1320. The molecule has 0 amide bonds. The number of carboxylic acids is 1. The molecule has 8 heteroatoms. The summed E-state index contributed by atoms with van der Waals surface area (Å²) in [6, 6.07) is 34.2. The molecule has 4 aromatic rings. The number of benzene rings is 4. The number of aliphatic carboxylic acids is 1. The van der Waals surface area contributed by atoms with Gasteiger partial charge >= 0.3 is 5.97 Å². The van der Waals surface area contributed by atoms with Gasteiger partial charge < -0.3 is 29.9 Å². The van der Waals surface area contributed by atoms with Crippen LogP contribution in [0.4, 0.5) is 17.1 Å². The van der Waals surface area contributed by atoms with Gasteiger partial charge in [0.05, 0.1) is 24.5 Å². The van der Waals surface area contributed by atoms with Gasteiger partial charge in [-0.15, -0.1) is 0 Å². The number of aliphatic hydroxyl groups excluding tert-OH is 1. The van der Waals surface area contributed by atoms with Crippen LogP contribution in [0.15, 0.2) is 113 Å². The summed E-state index contributed by atoms with van der Waals surface area (Å²) in [5, 5.41) is 20.8. The van der Waals surface area contributed by atoms with E-state index in [0.29, 0.717) is 26.2 Å². The number of hydrogen-bond donors (Lipinski definition) is 3. The van der Waals surface area contributed by atoms with Crippen LogP contribution in [0.2, 0.25) is 0 Å². The topological polar surface area (TPSA) is 91.3 Å². The van der Waals surface area contributed by atoms with E-state index in [9.17, 15) is 9.90 Å². The quantitative estimate of drug-likeness (QED) is 0.177. The molecule has 1 aliphatic rings. The zero-order valence-corrected chi connectivity index (χ0v) is 23.9. The number of aliphatic hydroxyl groups is 1. The number of fused-ring (bicyclic) bond motifs is 2. The Morgan fingerprint density at radius 1 is 0.878 bits per heavy atom. The molecule has 1 unspecified atom stereocenters. The van der Waals surface area contributed by atoms with Gasteiger partial charge in [-0.05, 0) is 61.0 Å². The van der Waals surface area contributed by atoms with Crippen LogP contribution in [0.25, 0.3) is 0 Å². The lowest BCUT2D eigenvalue weighted by atomic mass is 10.1. The fourth-order valence-electron chi connectivity index (χ4n) is 4.39. The Kier molecular flexibility index (Phi) is 11.5. The van der Waals surface area contributed by atoms with Crippen LogP contribution < -0.4 is 15.0 Å². The van der Waals surface area contributed by atoms with E-state index in [1.807, 2.05) is 54.6 Å². The van der Waals surface area contributed by atoms with E-state index in [-0.39, 0.29) is 6.61 Å². The molecule has 7 nitrogen and oxygen atoms in total. The molecule has 41 heavy (non-hydrogen) atoms. The second kappa shape index (κ2) is 15.7. The van der Waals surface area contributed by atoms with E-state index in [0.717, 1.165) is 23.5 Å². The molecular weight excluding hydrogens is 536 g/mol. The molecule has 1 atom stereocenters. The van der Waals surface area contributed by atoms with Crippen molar-refractivity contribution in [3.05, 3.63) is 109 Å². The third kappa shape index (κ3) is 8.75. The van der Waals surface area contributed by atoms with Crippen LogP contribution in [0.3, 0.4) is 0 Å². The smallest absolute Gasteiger partial charge is 0.333 e. The highest BCUT2D eigenvalue weighted by Crippen LogP contribution is 2.47. The van der Waals surface area contributed by atoms with Crippen molar-refractivity contribution >= 4 is 34.8 Å². The summed E-state index contributed by atoms with van der Waals surface area (Å²) in [4.78, 5) is 16.1. The number of para-hydroxylation sites is 3. The number of nitrogens with zero attached hydrogens (tertiary/aromatic N) is 1. The maximum absolute atomic E-state index is 11.3. The van der Waals surface area contributed by atoms with Crippen molar-refractivity contribution in [1.82, 2.24) is 0 Å². The molecule has 0 radical (unpaired) electrons. The first-order valence-corrected chi connectivity index (χ1v) is 14.5. The van der Waals surface area contributed by atoms with Crippen LogP contribution in [0, 0.1) is 0 Å². The molecule has 0 aliphatic carbocycles. The average molecular weight is 573 g/mol. The maximum atomic E-state index is 11.3. The number of ether oxygens (including phenoxy) is 2. The Hall–Kier alpha value is -3.98. The SMILES string of the molecule is CCOC(Cc1ccc(OCCN2c3ccccc3Sc3ccccc32)cc1)C(=O)O.OCCNc1ccccc1. The number of hydrogen-bond acceptors (Lipinski definition) is 7. The van der Waals surface area contributed by atoms with Crippen LogP contribution >= 0.6 is 11.8 Å². The van der Waals surface area contributed by atoms with Crippen LogP contribution in [-0.4, -0.2) is 55.2 Å². The third-order valence-electron chi connectivity index (χ3n) is 6.32. The fourth-order valence-corrected chi connectivity index (χ4v) is 5.48. The molecule has 0 saturated carbocycles. The minimum Gasteiger partial charge on any atom is -0.492 e. The lowest BCUT2D eigenvalue weighted by Gasteiger charge is -2.32. The van der Waals surface area contributed by atoms with E-state index in [2.05, 4.69) is 58.7 Å². The van der Waals surface area contributed by atoms with Gasteiger partial charge in [-0.25, -0.2) is 4.79 Å². The van der Waals surface area contributed by atoms with Crippen LogP contribution in [0.5, 0.6) is 5.75 Å². The van der Waals surface area contributed by atoms with Crippen molar-refractivity contribution < 1.29 is 24.5 Å². The molecule has 3 N–H and O–H groups in total. The number of anilines is 3. The number of carboxylic acid groups (broad SMARTS) is 1. The monoisotopic (exact) mass is 572 g/mol. The third-order valence-corrected chi connectivity index (χ3v) is 7.45. The van der Waals surface area contributed by atoms with E-state index in [1.54, 1.807) is 18.7 Å². The first kappa shape index (κ1) is 30.0. The molecule has 214 valence electrons. The average Bonchev–Trinajstić information content (AvgIpc) is 3.01. The van der Waals surface area contributed by atoms with E-state index in [4.69, 9.17) is 14.6 Å². The Morgan fingerprint density at radius 2 is 1.49 bits per heavy atom. The zero-order valence-electron chi connectivity index (χ0n) is 23.1. The van der Waals surface area contributed by atoms with E-state index >= 15 is 0 Å². The first-order chi connectivity index (χ1) is 20.1. The van der Waals surface area contributed by atoms with Gasteiger partial charge in [0.25, 0.3) is 0 Å². The minimum atomic E-state index is -0.942. The van der Waals surface area contributed by atoms with Gasteiger partial charge in [0, 0.05) is 35.1 Å². The molecule has 0 bridgehead atoms. The predicted octanol–water partition coefficient (Wildman–Crippen LogP) is 6.49. The minimum absolute atomic E-state index is 0.175. The summed E-state index contributed by atoms with van der Waals surface area (Å²) >= 11 is 1.79. The highest BCUT2D eigenvalue weighted by molar-refractivity contribution is 7.99. The lowest BCUT2D eigenvalue weighted by Crippen LogP contribution is -2.26. The largest absolute Gasteiger partial charge is 0.492 e. The molecule has 4 aromatic carbocycles. The van der Waals surface area contributed by atoms with Crippen LogP contribution in [0.1, 0.15) is 12.5 Å². The lowest BCUT2D eigenvalue weighted by molar-refractivity contribution is -0.149. The Morgan fingerprint density at radius 3 is 2.07 bits per heavy atom. The molecular formula is C33H36N2O5S. The normalized spacial score (nSPS) is 12.3. The van der Waals surface area contributed by atoms with Gasteiger partial charge in [-0.3, -0.25) is 0 Å². The summed E-state index contributed by atoms with van der Waals surface area (Å²) in [7, 11) is 0.